The molecule has 94 valence electrons. The van der Waals surface area contributed by atoms with Crippen LogP contribution in [0.25, 0.3) is 22.8 Å². The van der Waals surface area contributed by atoms with E-state index in [2.05, 4.69) is 47.0 Å². The highest BCUT2D eigenvalue weighted by Gasteiger charge is 1.99. The van der Waals surface area contributed by atoms with E-state index in [-0.39, 0.29) is 0 Å². The van der Waals surface area contributed by atoms with E-state index in [0.717, 1.165) is 22.8 Å². The number of hydrogen-bond acceptors (Lipinski definition) is 2. The second-order valence-electron chi connectivity index (χ2n) is 4.67. The van der Waals surface area contributed by atoms with Gasteiger partial charge in [-0.2, -0.15) is 0 Å². The van der Waals surface area contributed by atoms with E-state index in [9.17, 15) is 0 Å². The lowest BCUT2D eigenvalue weighted by Crippen LogP contribution is -1.86. The number of benzene rings is 1. The molecule has 1 aromatic carbocycles. The lowest BCUT2D eigenvalue weighted by atomic mass is 10.1. The summed E-state index contributed by atoms with van der Waals surface area (Å²) in [7, 11) is 0. The van der Waals surface area contributed by atoms with E-state index in [1.165, 1.54) is 11.1 Å². The quantitative estimate of drug-likeness (QED) is 0.698. The summed E-state index contributed by atoms with van der Waals surface area (Å²) in [5.74, 6) is 0.757. The molecule has 3 nitrogen and oxygen atoms in total. The van der Waals surface area contributed by atoms with Gasteiger partial charge in [0, 0.05) is 6.20 Å². The fraction of sp³-hybridized carbons (Fsp3) is 0.125. The first-order chi connectivity index (χ1) is 9.22. The Bertz CT molecular complexity index is 679. The molecule has 0 bridgehead atoms. The third kappa shape index (κ3) is 2.40. The Hall–Kier alpha value is -2.42. The van der Waals surface area contributed by atoms with Crippen molar-refractivity contribution in [3.05, 3.63) is 59.9 Å². The fourth-order valence-electron chi connectivity index (χ4n) is 2.17. The van der Waals surface area contributed by atoms with Crippen molar-refractivity contribution in [3.8, 4) is 22.8 Å². The maximum atomic E-state index is 4.56. The van der Waals surface area contributed by atoms with Gasteiger partial charge in [0.25, 0.3) is 0 Å². The molecule has 0 saturated heterocycles. The summed E-state index contributed by atoms with van der Waals surface area (Å²) in [4.78, 5) is 13.2. The summed E-state index contributed by atoms with van der Waals surface area (Å²) in [6, 6.07) is 12.1. The highest BCUT2D eigenvalue weighted by atomic mass is 14.9. The molecule has 0 saturated carbocycles. The van der Waals surface area contributed by atoms with E-state index in [4.69, 9.17) is 0 Å². The Morgan fingerprint density at radius 3 is 2.42 bits per heavy atom. The van der Waals surface area contributed by atoms with Crippen molar-refractivity contribution in [3.63, 3.8) is 0 Å². The minimum Gasteiger partial charge on any atom is -0.442 e. The van der Waals surface area contributed by atoms with E-state index < -0.39 is 0 Å². The standard InChI is InChI=1S/C16H14N3/c1-11-7-12(2)9-13(8-11)16-18-10-15(19-16)14-5-3-4-6-17-14/h3-10H,1-2H3/q-1. The first kappa shape index (κ1) is 11.7. The Morgan fingerprint density at radius 2 is 1.74 bits per heavy atom. The maximum absolute atomic E-state index is 4.56. The second-order valence-corrected chi connectivity index (χ2v) is 4.67. The molecule has 19 heavy (non-hydrogen) atoms. The smallest absolute Gasteiger partial charge is 0.0658 e. The van der Waals surface area contributed by atoms with Crippen molar-refractivity contribution < 1.29 is 0 Å². The summed E-state index contributed by atoms with van der Waals surface area (Å²) >= 11 is 0. The van der Waals surface area contributed by atoms with E-state index in [1.807, 2.05) is 18.2 Å². The molecule has 2 heterocycles. The van der Waals surface area contributed by atoms with Gasteiger partial charge in [0.1, 0.15) is 0 Å². The topological polar surface area (TPSA) is 39.9 Å². The molecule has 3 rings (SSSR count). The van der Waals surface area contributed by atoms with Crippen LogP contribution in [0.5, 0.6) is 0 Å². The predicted molar refractivity (Wildman–Crippen MR) is 75.7 cm³/mol. The number of aryl methyl sites for hydroxylation is 2. The minimum atomic E-state index is 0.757. The van der Waals surface area contributed by atoms with Crippen molar-refractivity contribution in [1.29, 1.82) is 0 Å². The number of hydrogen-bond donors (Lipinski definition) is 0. The zero-order valence-electron chi connectivity index (χ0n) is 11.0. The Labute approximate surface area is 112 Å². The molecule has 0 N–H and O–H groups in total. The summed E-state index contributed by atoms with van der Waals surface area (Å²) in [5, 5.41) is 0. The van der Waals surface area contributed by atoms with Gasteiger partial charge in [0.15, 0.2) is 0 Å². The summed E-state index contributed by atoms with van der Waals surface area (Å²) in [5.41, 5.74) is 5.17. The lowest BCUT2D eigenvalue weighted by Gasteiger charge is -2.07. The van der Waals surface area contributed by atoms with Gasteiger partial charge < -0.3 is 9.97 Å². The van der Waals surface area contributed by atoms with Gasteiger partial charge in [-0.3, -0.25) is 4.98 Å². The number of rotatable bonds is 2. The van der Waals surface area contributed by atoms with Gasteiger partial charge in [-0.05, 0) is 37.2 Å². The molecule has 0 aliphatic carbocycles. The van der Waals surface area contributed by atoms with Crippen LogP contribution >= 0.6 is 0 Å². The molecule has 3 aromatic rings. The van der Waals surface area contributed by atoms with Gasteiger partial charge in [-0.25, -0.2) is 0 Å². The molecule has 0 atom stereocenters. The molecule has 0 aliphatic heterocycles. The van der Waals surface area contributed by atoms with Crippen LogP contribution in [0.15, 0.2) is 48.8 Å². The summed E-state index contributed by atoms with van der Waals surface area (Å²) in [6.07, 6.45) is 3.54. The predicted octanol–water partition coefficient (Wildman–Crippen LogP) is 3.38. The molecule has 0 fully saturated rings. The van der Waals surface area contributed by atoms with Crippen molar-refractivity contribution in [1.82, 2.24) is 15.0 Å². The average molecular weight is 248 g/mol. The Kier molecular flexibility index (Phi) is 2.88. The Morgan fingerprint density at radius 1 is 0.947 bits per heavy atom. The van der Waals surface area contributed by atoms with E-state index >= 15 is 0 Å². The Balaban J connectivity index is 2.02. The average Bonchev–Trinajstić information content (AvgIpc) is 2.88. The zero-order chi connectivity index (χ0) is 13.2. The maximum Gasteiger partial charge on any atom is 0.0658 e. The number of aromatic nitrogens is 3. The van der Waals surface area contributed by atoms with Gasteiger partial charge in [-0.15, -0.1) is 0 Å². The van der Waals surface area contributed by atoms with Crippen LogP contribution in [0.3, 0.4) is 0 Å². The van der Waals surface area contributed by atoms with Crippen molar-refractivity contribution in [2.75, 3.05) is 0 Å². The third-order valence-electron chi connectivity index (χ3n) is 2.94. The van der Waals surface area contributed by atoms with E-state index in [0.29, 0.717) is 0 Å². The highest BCUT2D eigenvalue weighted by Crippen LogP contribution is 2.21. The van der Waals surface area contributed by atoms with Crippen molar-refractivity contribution in [2.24, 2.45) is 0 Å². The fourth-order valence-corrected chi connectivity index (χ4v) is 2.17. The molecule has 3 heteroatoms. The molecule has 0 spiro atoms. The van der Waals surface area contributed by atoms with Crippen LogP contribution < -0.4 is 4.98 Å². The highest BCUT2D eigenvalue weighted by molar-refractivity contribution is 5.63. The normalized spacial score (nSPS) is 10.6. The van der Waals surface area contributed by atoms with Gasteiger partial charge in [0.05, 0.1) is 5.69 Å². The molecule has 0 amide bonds. The first-order valence-corrected chi connectivity index (χ1v) is 6.22. The summed E-state index contributed by atoms with van der Waals surface area (Å²) < 4.78 is 0. The van der Waals surface area contributed by atoms with E-state index in [1.54, 1.807) is 12.4 Å². The second kappa shape index (κ2) is 4.69. The van der Waals surface area contributed by atoms with Crippen molar-refractivity contribution in [2.45, 2.75) is 13.8 Å². The lowest BCUT2D eigenvalue weighted by molar-refractivity contribution is 1.25. The number of pyridine rings is 1. The molecule has 0 unspecified atom stereocenters. The molecule has 0 aliphatic rings. The largest absolute Gasteiger partial charge is 0.442 e. The number of imidazole rings is 1. The SMILES string of the molecule is Cc1cc(C)cc(-c2nc(-c3ccccn3)c[n-]2)c1. The van der Waals surface area contributed by atoms with Gasteiger partial charge in [-0.1, -0.05) is 47.4 Å². The van der Waals surface area contributed by atoms with Gasteiger partial charge >= 0.3 is 0 Å². The van der Waals surface area contributed by atoms with Crippen LogP contribution in [0.4, 0.5) is 0 Å². The van der Waals surface area contributed by atoms with Gasteiger partial charge in [0.2, 0.25) is 0 Å². The molecule has 2 aromatic heterocycles. The van der Waals surface area contributed by atoms with Crippen LogP contribution in [0.1, 0.15) is 11.1 Å². The number of nitrogens with zero attached hydrogens (tertiary/aromatic N) is 3. The molecule has 0 radical (unpaired) electrons. The van der Waals surface area contributed by atoms with Crippen LogP contribution in [0, 0.1) is 13.8 Å². The van der Waals surface area contributed by atoms with Crippen molar-refractivity contribution >= 4 is 0 Å². The first-order valence-electron chi connectivity index (χ1n) is 6.22. The molecular formula is C16H14N3-. The van der Waals surface area contributed by atoms with Crippen LogP contribution in [-0.4, -0.2) is 9.97 Å². The molecular weight excluding hydrogens is 234 g/mol. The monoisotopic (exact) mass is 248 g/mol. The third-order valence-corrected chi connectivity index (χ3v) is 2.94. The summed E-state index contributed by atoms with van der Waals surface area (Å²) in [6.45, 7) is 4.16. The zero-order valence-corrected chi connectivity index (χ0v) is 11.0. The van der Waals surface area contributed by atoms with Crippen LogP contribution in [0.2, 0.25) is 0 Å². The van der Waals surface area contributed by atoms with Crippen LogP contribution in [-0.2, 0) is 0 Å². The minimum absolute atomic E-state index is 0.757.